The minimum absolute atomic E-state index is 0.00170. The number of sulfonamides is 1. The fourth-order valence-electron chi connectivity index (χ4n) is 2.80. The second-order valence-electron chi connectivity index (χ2n) is 6.66. The van der Waals surface area contributed by atoms with Gasteiger partial charge in [-0.05, 0) is 43.3 Å². The SMILES string of the molecule is Cc1ccc(S(=O)(=O)Nc2nc3ccccc3nc2Nc2ccc(O)c(O)c2)cc1. The van der Waals surface area contributed by atoms with Crippen LogP contribution in [-0.2, 0) is 10.0 Å². The van der Waals surface area contributed by atoms with E-state index in [1.54, 1.807) is 36.4 Å². The van der Waals surface area contributed by atoms with Gasteiger partial charge >= 0.3 is 0 Å². The standard InChI is InChI=1S/C21H18N4O4S/c1-13-6-9-15(10-7-13)30(28,29)25-21-20(22-14-8-11-18(26)19(27)12-14)23-16-4-2-3-5-17(16)24-21/h2-12,26-27H,1H3,(H,22,23)(H,24,25). The van der Waals surface area contributed by atoms with E-state index in [1.165, 1.54) is 30.3 Å². The predicted molar refractivity (Wildman–Crippen MR) is 115 cm³/mol. The van der Waals surface area contributed by atoms with Crippen molar-refractivity contribution in [1.82, 2.24) is 9.97 Å². The van der Waals surface area contributed by atoms with Gasteiger partial charge in [-0.25, -0.2) is 18.4 Å². The zero-order valence-corrected chi connectivity index (χ0v) is 16.7. The molecule has 0 amide bonds. The molecule has 0 unspecified atom stereocenters. The third-order valence-electron chi connectivity index (χ3n) is 4.37. The van der Waals surface area contributed by atoms with Crippen molar-refractivity contribution in [2.75, 3.05) is 10.0 Å². The number of aromatic nitrogens is 2. The van der Waals surface area contributed by atoms with Gasteiger partial charge in [-0.1, -0.05) is 29.8 Å². The molecule has 9 heteroatoms. The van der Waals surface area contributed by atoms with Gasteiger partial charge in [0, 0.05) is 11.8 Å². The fourth-order valence-corrected chi connectivity index (χ4v) is 3.81. The Morgan fingerprint density at radius 1 is 0.800 bits per heavy atom. The first-order valence-electron chi connectivity index (χ1n) is 8.97. The molecule has 0 aliphatic heterocycles. The first-order valence-corrected chi connectivity index (χ1v) is 10.5. The van der Waals surface area contributed by atoms with Crippen LogP contribution < -0.4 is 10.0 Å². The molecule has 152 valence electrons. The Bertz CT molecular complexity index is 1340. The lowest BCUT2D eigenvalue weighted by Crippen LogP contribution is -2.16. The van der Waals surface area contributed by atoms with Crippen molar-refractivity contribution in [3.05, 3.63) is 72.3 Å². The van der Waals surface area contributed by atoms with Gasteiger partial charge in [0.1, 0.15) is 0 Å². The molecule has 0 saturated carbocycles. The van der Waals surface area contributed by atoms with Crippen LogP contribution in [0.1, 0.15) is 5.56 Å². The highest BCUT2D eigenvalue weighted by Crippen LogP contribution is 2.31. The van der Waals surface area contributed by atoms with Crippen molar-refractivity contribution >= 4 is 38.4 Å². The van der Waals surface area contributed by atoms with E-state index in [-0.39, 0.29) is 28.0 Å². The summed E-state index contributed by atoms with van der Waals surface area (Å²) in [5, 5.41) is 22.2. The summed E-state index contributed by atoms with van der Waals surface area (Å²) in [6.07, 6.45) is 0. The predicted octanol–water partition coefficient (Wildman–Crippen LogP) is 3.89. The summed E-state index contributed by atoms with van der Waals surface area (Å²) in [7, 11) is -3.91. The van der Waals surface area contributed by atoms with E-state index >= 15 is 0 Å². The molecule has 0 spiro atoms. The molecular formula is C21H18N4O4S. The molecular weight excluding hydrogens is 404 g/mol. The molecule has 0 fully saturated rings. The molecule has 30 heavy (non-hydrogen) atoms. The molecule has 0 bridgehead atoms. The summed E-state index contributed by atoms with van der Waals surface area (Å²) < 4.78 is 28.2. The maximum absolute atomic E-state index is 12.9. The molecule has 0 saturated heterocycles. The molecule has 4 N–H and O–H groups in total. The number of benzene rings is 3. The lowest BCUT2D eigenvalue weighted by Gasteiger charge is -2.14. The summed E-state index contributed by atoms with van der Waals surface area (Å²) in [6.45, 7) is 1.87. The lowest BCUT2D eigenvalue weighted by molar-refractivity contribution is 0.404. The Balaban J connectivity index is 1.78. The number of hydrogen-bond acceptors (Lipinski definition) is 7. The number of anilines is 3. The molecule has 0 aliphatic carbocycles. The monoisotopic (exact) mass is 422 g/mol. The maximum Gasteiger partial charge on any atom is 0.263 e. The number of aryl methyl sites for hydroxylation is 1. The quantitative estimate of drug-likeness (QED) is 0.284. The molecule has 0 aliphatic rings. The van der Waals surface area contributed by atoms with E-state index in [0.29, 0.717) is 16.7 Å². The molecule has 0 atom stereocenters. The van der Waals surface area contributed by atoms with Crippen LogP contribution in [0.5, 0.6) is 11.5 Å². The summed E-state index contributed by atoms with van der Waals surface area (Å²) in [5.41, 5.74) is 2.40. The van der Waals surface area contributed by atoms with E-state index in [0.717, 1.165) is 5.56 Å². The zero-order valence-electron chi connectivity index (χ0n) is 15.9. The lowest BCUT2D eigenvalue weighted by atomic mass is 10.2. The van der Waals surface area contributed by atoms with E-state index in [9.17, 15) is 18.6 Å². The Kier molecular flexibility index (Phi) is 4.88. The van der Waals surface area contributed by atoms with Crippen molar-refractivity contribution in [2.45, 2.75) is 11.8 Å². The van der Waals surface area contributed by atoms with Crippen LogP contribution in [0.2, 0.25) is 0 Å². The second-order valence-corrected chi connectivity index (χ2v) is 8.34. The Morgan fingerprint density at radius 2 is 1.43 bits per heavy atom. The van der Waals surface area contributed by atoms with E-state index < -0.39 is 10.0 Å². The third-order valence-corrected chi connectivity index (χ3v) is 5.73. The molecule has 0 radical (unpaired) electrons. The van der Waals surface area contributed by atoms with Crippen LogP contribution in [-0.4, -0.2) is 28.6 Å². The van der Waals surface area contributed by atoms with E-state index in [4.69, 9.17) is 0 Å². The molecule has 3 aromatic carbocycles. The molecule has 1 heterocycles. The largest absolute Gasteiger partial charge is 0.504 e. The Morgan fingerprint density at radius 3 is 2.07 bits per heavy atom. The maximum atomic E-state index is 12.9. The summed E-state index contributed by atoms with van der Waals surface area (Å²) in [4.78, 5) is 8.98. The van der Waals surface area contributed by atoms with Crippen LogP contribution in [0.4, 0.5) is 17.3 Å². The van der Waals surface area contributed by atoms with Crippen LogP contribution in [0.15, 0.2) is 71.6 Å². The number of aromatic hydroxyl groups is 2. The first-order chi connectivity index (χ1) is 14.3. The van der Waals surface area contributed by atoms with Crippen molar-refractivity contribution in [3.8, 4) is 11.5 Å². The number of fused-ring (bicyclic) bond motifs is 1. The van der Waals surface area contributed by atoms with Crippen molar-refractivity contribution < 1.29 is 18.6 Å². The minimum atomic E-state index is -3.91. The number of nitrogens with zero attached hydrogens (tertiary/aromatic N) is 2. The van der Waals surface area contributed by atoms with Gasteiger partial charge in [-0.2, -0.15) is 0 Å². The van der Waals surface area contributed by atoms with Crippen LogP contribution >= 0.6 is 0 Å². The normalized spacial score (nSPS) is 11.4. The Hall–Kier alpha value is -3.85. The minimum Gasteiger partial charge on any atom is -0.504 e. The number of hydrogen-bond donors (Lipinski definition) is 4. The topological polar surface area (TPSA) is 124 Å². The second kappa shape index (κ2) is 7.53. The molecule has 4 aromatic rings. The van der Waals surface area contributed by atoms with E-state index in [1.807, 2.05) is 6.92 Å². The fraction of sp³-hybridized carbons (Fsp3) is 0.0476. The van der Waals surface area contributed by atoms with Crippen molar-refractivity contribution in [1.29, 1.82) is 0 Å². The number of nitrogens with one attached hydrogen (secondary N) is 2. The average molecular weight is 422 g/mol. The zero-order chi connectivity index (χ0) is 21.3. The molecule has 8 nitrogen and oxygen atoms in total. The average Bonchev–Trinajstić information content (AvgIpc) is 2.71. The number of para-hydroxylation sites is 2. The highest BCUT2D eigenvalue weighted by Gasteiger charge is 2.19. The van der Waals surface area contributed by atoms with Gasteiger partial charge in [-0.3, -0.25) is 4.72 Å². The van der Waals surface area contributed by atoms with Crippen molar-refractivity contribution in [3.63, 3.8) is 0 Å². The number of phenols is 2. The van der Waals surface area contributed by atoms with Gasteiger partial charge in [0.05, 0.1) is 15.9 Å². The van der Waals surface area contributed by atoms with Crippen LogP contribution in [0, 0.1) is 6.92 Å². The number of phenolic OH excluding ortho intramolecular Hbond substituents is 2. The molecule has 4 rings (SSSR count). The van der Waals surface area contributed by atoms with Crippen molar-refractivity contribution in [2.24, 2.45) is 0 Å². The first kappa shape index (κ1) is 19.5. The molecule has 1 aromatic heterocycles. The highest BCUT2D eigenvalue weighted by molar-refractivity contribution is 7.92. The van der Waals surface area contributed by atoms with Crippen LogP contribution in [0.3, 0.4) is 0 Å². The smallest absolute Gasteiger partial charge is 0.263 e. The van der Waals surface area contributed by atoms with Crippen LogP contribution in [0.25, 0.3) is 11.0 Å². The van der Waals surface area contributed by atoms with Gasteiger partial charge in [-0.15, -0.1) is 0 Å². The third kappa shape index (κ3) is 3.96. The van der Waals surface area contributed by atoms with Gasteiger partial charge in [0.2, 0.25) is 0 Å². The Labute approximate surface area is 172 Å². The summed E-state index contributed by atoms with van der Waals surface area (Å²) in [5.74, 6) is -0.447. The van der Waals surface area contributed by atoms with E-state index in [2.05, 4.69) is 20.0 Å². The number of rotatable bonds is 5. The summed E-state index contributed by atoms with van der Waals surface area (Å²) in [6, 6.07) is 17.6. The highest BCUT2D eigenvalue weighted by atomic mass is 32.2. The van der Waals surface area contributed by atoms with Gasteiger partial charge < -0.3 is 15.5 Å². The van der Waals surface area contributed by atoms with Gasteiger partial charge in [0.25, 0.3) is 10.0 Å². The summed E-state index contributed by atoms with van der Waals surface area (Å²) >= 11 is 0. The van der Waals surface area contributed by atoms with Gasteiger partial charge in [0.15, 0.2) is 23.1 Å².